The number of carbonyl (C=O) groups excluding carboxylic acids is 1. The number of hydrogen-bond donors (Lipinski definition) is 2. The molecule has 2 atom stereocenters. The normalized spacial score (nSPS) is 24.1. The number of nitrogens with zero attached hydrogens (tertiary/aromatic N) is 2. The van der Waals surface area contributed by atoms with Gasteiger partial charge in [0.25, 0.3) is 0 Å². The van der Waals surface area contributed by atoms with Crippen molar-refractivity contribution in [1.29, 1.82) is 0 Å². The zero-order valence-corrected chi connectivity index (χ0v) is 12.1. The van der Waals surface area contributed by atoms with Crippen LogP contribution in [0.15, 0.2) is 11.6 Å². The molecule has 0 saturated carbocycles. The first-order chi connectivity index (χ1) is 9.13. The number of hydrogen-bond acceptors (Lipinski definition) is 5. The molecular formula is C12H20N4O2S. The van der Waals surface area contributed by atoms with E-state index in [9.17, 15) is 4.79 Å². The van der Waals surface area contributed by atoms with Crippen LogP contribution in [0.2, 0.25) is 0 Å². The summed E-state index contributed by atoms with van der Waals surface area (Å²) in [4.78, 5) is 17.9. The quantitative estimate of drug-likeness (QED) is 0.876. The number of aromatic nitrogens is 1. The Bertz CT molecular complexity index is 388. The molecule has 7 heteroatoms. The summed E-state index contributed by atoms with van der Waals surface area (Å²) in [5, 5.41) is 7.97. The second kappa shape index (κ2) is 6.83. The average molecular weight is 284 g/mol. The summed E-state index contributed by atoms with van der Waals surface area (Å²) in [6.07, 6.45) is 2.18. The van der Waals surface area contributed by atoms with E-state index >= 15 is 0 Å². The van der Waals surface area contributed by atoms with Gasteiger partial charge in [0.15, 0.2) is 5.13 Å². The van der Waals surface area contributed by atoms with E-state index in [1.807, 2.05) is 5.38 Å². The fraction of sp³-hybridized carbons (Fsp3) is 0.667. The molecule has 0 bridgehead atoms. The van der Waals surface area contributed by atoms with Crippen molar-refractivity contribution in [3.05, 3.63) is 11.6 Å². The van der Waals surface area contributed by atoms with Crippen LogP contribution in [0.5, 0.6) is 0 Å². The maximum atomic E-state index is 11.6. The van der Waals surface area contributed by atoms with Gasteiger partial charge in [-0.1, -0.05) is 0 Å². The smallest absolute Gasteiger partial charge is 0.321 e. The van der Waals surface area contributed by atoms with E-state index in [2.05, 4.69) is 34.4 Å². The van der Waals surface area contributed by atoms with Gasteiger partial charge < -0.3 is 10.1 Å². The number of amides is 2. The van der Waals surface area contributed by atoms with Gasteiger partial charge in [0.2, 0.25) is 0 Å². The predicted octanol–water partition coefficient (Wildman–Crippen LogP) is 1.37. The first-order valence-corrected chi connectivity index (χ1v) is 7.33. The second-order valence-electron chi connectivity index (χ2n) is 4.74. The highest BCUT2D eigenvalue weighted by atomic mass is 32.1. The van der Waals surface area contributed by atoms with Crippen LogP contribution in [0.4, 0.5) is 9.93 Å². The van der Waals surface area contributed by atoms with E-state index in [0.29, 0.717) is 11.7 Å². The van der Waals surface area contributed by atoms with E-state index in [1.54, 1.807) is 6.20 Å². The number of thiazole rings is 1. The molecule has 19 heavy (non-hydrogen) atoms. The van der Waals surface area contributed by atoms with Crippen molar-refractivity contribution in [3.8, 4) is 0 Å². The summed E-state index contributed by atoms with van der Waals surface area (Å²) in [6, 6.07) is -0.204. The van der Waals surface area contributed by atoms with Crippen LogP contribution in [0.3, 0.4) is 0 Å². The van der Waals surface area contributed by atoms with E-state index < -0.39 is 0 Å². The third-order valence-electron chi connectivity index (χ3n) is 2.86. The number of ether oxygens (including phenoxy) is 1. The minimum absolute atomic E-state index is 0.204. The van der Waals surface area contributed by atoms with Gasteiger partial charge in [-0.3, -0.25) is 10.2 Å². The Balaban J connectivity index is 1.64. The number of nitrogens with one attached hydrogen (secondary N) is 2. The predicted molar refractivity (Wildman–Crippen MR) is 75.6 cm³/mol. The molecule has 6 nitrogen and oxygen atoms in total. The van der Waals surface area contributed by atoms with Gasteiger partial charge in [-0.05, 0) is 13.8 Å². The van der Waals surface area contributed by atoms with Crippen molar-refractivity contribution >= 4 is 22.5 Å². The fourth-order valence-electron chi connectivity index (χ4n) is 2.22. The van der Waals surface area contributed by atoms with Gasteiger partial charge in [0.1, 0.15) is 0 Å². The minimum Gasteiger partial charge on any atom is -0.373 e. The highest BCUT2D eigenvalue weighted by Gasteiger charge is 2.21. The van der Waals surface area contributed by atoms with Crippen molar-refractivity contribution < 1.29 is 9.53 Å². The van der Waals surface area contributed by atoms with Gasteiger partial charge in [0, 0.05) is 37.8 Å². The standard InChI is InChI=1S/C12H20N4O2S/c1-9-7-16(8-10(2)18-9)5-3-13-11(17)15-12-14-4-6-19-12/h4,6,9-10H,3,5,7-8H2,1-2H3,(H2,13,14,15,17)/t9-,10-/m0/s1. The van der Waals surface area contributed by atoms with Crippen molar-refractivity contribution in [2.45, 2.75) is 26.1 Å². The lowest BCUT2D eigenvalue weighted by Crippen LogP contribution is -2.48. The molecule has 2 N–H and O–H groups in total. The summed E-state index contributed by atoms with van der Waals surface area (Å²) in [6.45, 7) is 7.44. The zero-order chi connectivity index (χ0) is 13.7. The first kappa shape index (κ1) is 14.2. The molecule has 1 saturated heterocycles. The topological polar surface area (TPSA) is 66.5 Å². The van der Waals surface area contributed by atoms with Gasteiger partial charge >= 0.3 is 6.03 Å². The SMILES string of the molecule is C[C@H]1CN(CCNC(=O)Nc2nccs2)C[C@H](C)O1. The molecule has 106 valence electrons. The third kappa shape index (κ3) is 4.77. The van der Waals surface area contributed by atoms with Crippen LogP contribution < -0.4 is 10.6 Å². The van der Waals surface area contributed by atoms with Crippen molar-refractivity contribution in [3.63, 3.8) is 0 Å². The Morgan fingerprint density at radius 2 is 2.26 bits per heavy atom. The molecule has 1 aliphatic heterocycles. The van der Waals surface area contributed by atoms with Crippen molar-refractivity contribution in [2.75, 3.05) is 31.5 Å². The van der Waals surface area contributed by atoms with Crippen molar-refractivity contribution in [2.24, 2.45) is 0 Å². The number of urea groups is 1. The van der Waals surface area contributed by atoms with Gasteiger partial charge in [-0.15, -0.1) is 11.3 Å². The van der Waals surface area contributed by atoms with Crippen LogP contribution in [-0.2, 0) is 4.74 Å². The summed E-state index contributed by atoms with van der Waals surface area (Å²) in [7, 11) is 0. The molecule has 0 aliphatic carbocycles. The van der Waals surface area contributed by atoms with Crippen LogP contribution >= 0.6 is 11.3 Å². The molecule has 0 aromatic carbocycles. The lowest BCUT2D eigenvalue weighted by Gasteiger charge is -2.35. The molecule has 2 heterocycles. The first-order valence-electron chi connectivity index (χ1n) is 6.45. The summed E-state index contributed by atoms with van der Waals surface area (Å²) >= 11 is 1.40. The monoisotopic (exact) mass is 284 g/mol. The van der Waals surface area contributed by atoms with E-state index in [4.69, 9.17) is 4.74 Å². The Hall–Kier alpha value is -1.18. The Morgan fingerprint density at radius 3 is 2.89 bits per heavy atom. The second-order valence-corrected chi connectivity index (χ2v) is 5.63. The Morgan fingerprint density at radius 1 is 1.53 bits per heavy atom. The van der Waals surface area contributed by atoms with Gasteiger partial charge in [0.05, 0.1) is 12.2 Å². The van der Waals surface area contributed by atoms with Gasteiger partial charge in [-0.25, -0.2) is 9.78 Å². The molecule has 1 aromatic heterocycles. The summed E-state index contributed by atoms with van der Waals surface area (Å²) in [5.41, 5.74) is 0. The molecule has 1 aromatic rings. The van der Waals surface area contributed by atoms with Gasteiger partial charge in [-0.2, -0.15) is 0 Å². The summed E-state index contributed by atoms with van der Waals surface area (Å²) in [5.74, 6) is 0. The lowest BCUT2D eigenvalue weighted by atomic mass is 10.2. The molecular weight excluding hydrogens is 264 g/mol. The van der Waals surface area contributed by atoms with E-state index in [-0.39, 0.29) is 18.2 Å². The molecule has 0 spiro atoms. The Labute approximate surface area is 117 Å². The largest absolute Gasteiger partial charge is 0.373 e. The fourth-order valence-corrected chi connectivity index (χ4v) is 2.74. The molecule has 1 aliphatic rings. The minimum atomic E-state index is -0.204. The highest BCUT2D eigenvalue weighted by Crippen LogP contribution is 2.10. The van der Waals surface area contributed by atoms with Crippen molar-refractivity contribution in [1.82, 2.24) is 15.2 Å². The maximum Gasteiger partial charge on any atom is 0.321 e. The van der Waals surface area contributed by atoms with E-state index in [1.165, 1.54) is 11.3 Å². The average Bonchev–Trinajstić information content (AvgIpc) is 2.80. The maximum absolute atomic E-state index is 11.6. The molecule has 2 amide bonds. The Kier molecular flexibility index (Phi) is 5.12. The van der Waals surface area contributed by atoms with Crippen LogP contribution in [0.25, 0.3) is 0 Å². The molecule has 0 unspecified atom stereocenters. The molecule has 1 fully saturated rings. The summed E-state index contributed by atoms with van der Waals surface area (Å²) < 4.78 is 5.67. The molecule has 0 radical (unpaired) electrons. The van der Waals surface area contributed by atoms with Crippen LogP contribution in [0.1, 0.15) is 13.8 Å². The third-order valence-corrected chi connectivity index (χ3v) is 3.55. The zero-order valence-electron chi connectivity index (χ0n) is 11.3. The van der Waals surface area contributed by atoms with E-state index in [0.717, 1.165) is 19.6 Å². The molecule has 2 rings (SSSR count). The number of anilines is 1. The van der Waals surface area contributed by atoms with Crippen LogP contribution in [-0.4, -0.2) is 54.3 Å². The number of carbonyl (C=O) groups is 1. The highest BCUT2D eigenvalue weighted by molar-refractivity contribution is 7.13. The van der Waals surface area contributed by atoms with Crippen LogP contribution in [0, 0.1) is 0 Å². The lowest BCUT2D eigenvalue weighted by molar-refractivity contribution is -0.0672. The number of rotatable bonds is 4. The number of morpholine rings is 1.